The number of aromatic hydroxyl groups is 2. The molecule has 0 fully saturated rings. The highest BCUT2D eigenvalue weighted by Crippen LogP contribution is 2.36. The lowest BCUT2D eigenvalue weighted by molar-refractivity contribution is -0.147. The minimum Gasteiger partial charge on any atom is -0.507 e. The quantitative estimate of drug-likeness (QED) is 0.185. The molecule has 4 unspecified atom stereocenters. The maximum atomic E-state index is 13.3. The monoisotopic (exact) mass is 660 g/mol. The third kappa shape index (κ3) is 8.22. The fourth-order valence-corrected chi connectivity index (χ4v) is 5.23. The van der Waals surface area contributed by atoms with Crippen LogP contribution < -0.4 is 11.3 Å². The number of benzene rings is 1. The van der Waals surface area contributed by atoms with Crippen molar-refractivity contribution >= 4 is 23.5 Å². The van der Waals surface area contributed by atoms with Gasteiger partial charge >= 0.3 is 23.2 Å². The Morgan fingerprint density at radius 2 is 1.04 bits per heavy atom. The molecule has 3 rings (SSSR count). The Labute approximate surface area is 273 Å². The number of hydrogen-bond donors (Lipinski definition) is 2. The molecule has 0 radical (unpaired) electrons. The van der Waals surface area contributed by atoms with Crippen molar-refractivity contribution in [3.05, 3.63) is 91.0 Å². The molecule has 0 aliphatic carbocycles. The number of nitriles is 2. The predicted molar refractivity (Wildman–Crippen MR) is 164 cm³/mol. The summed E-state index contributed by atoms with van der Waals surface area (Å²) in [6, 6.07) is 11.4. The van der Waals surface area contributed by atoms with E-state index in [9.17, 15) is 49.5 Å². The number of carbonyl (C=O) groups excluding carboxylic acids is 4. The largest absolute Gasteiger partial charge is 0.507 e. The van der Waals surface area contributed by atoms with Crippen LogP contribution in [0.1, 0.15) is 81.9 Å². The summed E-state index contributed by atoms with van der Waals surface area (Å²) in [5, 5.41) is 40.5. The Morgan fingerprint density at radius 3 is 1.31 bits per heavy atom. The standard InChI is InChI=1S/C34H32N2O12/c1-5-45-31(41)23(15-35)21(13-27(39)29-25(37)11-17(3)47-33(29)43)19-7-9-20(10-8-19)22(24(16-36)32(42)46-6-2)14-28(40)30-26(38)12-18(4)48-34(30)44/h7-12,21-24,37-38H,5-6,13-14H2,1-4H3. The van der Waals surface area contributed by atoms with E-state index in [1.165, 1.54) is 52.0 Å². The number of hydrogen-bond acceptors (Lipinski definition) is 14. The van der Waals surface area contributed by atoms with E-state index in [1.54, 1.807) is 0 Å². The Bertz CT molecular complexity index is 1770. The van der Waals surface area contributed by atoms with Gasteiger partial charge in [-0.05, 0) is 38.8 Å². The van der Waals surface area contributed by atoms with Crippen LogP contribution in [0.3, 0.4) is 0 Å². The highest BCUT2D eigenvalue weighted by atomic mass is 16.5. The summed E-state index contributed by atoms with van der Waals surface area (Å²) >= 11 is 0. The Balaban J connectivity index is 2.11. The molecule has 1 aromatic carbocycles. The van der Waals surface area contributed by atoms with Crippen LogP contribution in [-0.2, 0) is 19.1 Å². The van der Waals surface area contributed by atoms with Crippen molar-refractivity contribution in [2.24, 2.45) is 11.8 Å². The molecule has 0 aliphatic rings. The van der Waals surface area contributed by atoms with Crippen LogP contribution in [0.2, 0.25) is 0 Å². The zero-order chi connectivity index (χ0) is 35.7. The summed E-state index contributed by atoms with van der Waals surface area (Å²) < 4.78 is 20.0. The number of Topliss-reactive ketones (excluding diaryl/α,β-unsaturated/α-hetero) is 2. The SMILES string of the molecule is CCOC(=O)C(C#N)C(CC(=O)c1c(O)cc(C)oc1=O)c1ccc(C(CC(=O)c2c(O)cc(C)oc2=O)C(C#N)C(=O)OCC)cc1. The summed E-state index contributed by atoms with van der Waals surface area (Å²) in [5.41, 5.74) is -3.13. The van der Waals surface area contributed by atoms with Crippen LogP contribution >= 0.6 is 0 Å². The summed E-state index contributed by atoms with van der Waals surface area (Å²) in [4.78, 5) is 77.0. The van der Waals surface area contributed by atoms with E-state index in [-0.39, 0.29) is 35.9 Å². The molecule has 0 bridgehead atoms. The van der Waals surface area contributed by atoms with Crippen molar-refractivity contribution in [2.45, 2.75) is 52.4 Å². The highest BCUT2D eigenvalue weighted by Gasteiger charge is 2.37. The van der Waals surface area contributed by atoms with Gasteiger partial charge in [-0.15, -0.1) is 0 Å². The van der Waals surface area contributed by atoms with E-state index in [1.807, 2.05) is 12.1 Å². The van der Waals surface area contributed by atoms with Gasteiger partial charge in [-0.2, -0.15) is 10.5 Å². The second kappa shape index (κ2) is 16.0. The van der Waals surface area contributed by atoms with E-state index >= 15 is 0 Å². The van der Waals surface area contributed by atoms with Crippen LogP contribution in [0.15, 0.2) is 54.8 Å². The third-order valence-electron chi connectivity index (χ3n) is 7.43. The van der Waals surface area contributed by atoms with E-state index in [0.29, 0.717) is 0 Å². The van der Waals surface area contributed by atoms with E-state index in [4.69, 9.17) is 18.3 Å². The van der Waals surface area contributed by atoms with Gasteiger partial charge in [0.25, 0.3) is 0 Å². The van der Waals surface area contributed by atoms with Crippen molar-refractivity contribution in [3.63, 3.8) is 0 Å². The van der Waals surface area contributed by atoms with Crippen LogP contribution in [-0.4, -0.2) is 46.9 Å². The molecule has 0 aliphatic heterocycles. The topological polar surface area (TPSA) is 235 Å². The van der Waals surface area contributed by atoms with Gasteiger partial charge in [0, 0.05) is 36.8 Å². The smallest absolute Gasteiger partial charge is 0.350 e. The van der Waals surface area contributed by atoms with Gasteiger partial charge in [0.15, 0.2) is 23.4 Å². The average Bonchev–Trinajstić information content (AvgIpc) is 3.00. The normalized spacial score (nSPS) is 13.2. The second-order valence-electron chi connectivity index (χ2n) is 10.7. The number of rotatable bonds is 14. The molecule has 2 aromatic heterocycles. The zero-order valence-corrected chi connectivity index (χ0v) is 26.5. The van der Waals surface area contributed by atoms with Gasteiger partial charge in [0.2, 0.25) is 0 Å². The zero-order valence-electron chi connectivity index (χ0n) is 26.5. The molecule has 0 amide bonds. The Kier molecular flexibility index (Phi) is 12.2. The molecular formula is C34H32N2O12. The van der Waals surface area contributed by atoms with Crippen molar-refractivity contribution < 1.29 is 47.7 Å². The molecule has 3 aromatic rings. The minimum atomic E-state index is -1.55. The lowest BCUT2D eigenvalue weighted by Crippen LogP contribution is -2.27. The van der Waals surface area contributed by atoms with Crippen molar-refractivity contribution in [2.75, 3.05) is 13.2 Å². The van der Waals surface area contributed by atoms with Gasteiger partial charge < -0.3 is 28.5 Å². The molecular weight excluding hydrogens is 628 g/mol. The van der Waals surface area contributed by atoms with Crippen LogP contribution in [0.4, 0.5) is 0 Å². The molecule has 48 heavy (non-hydrogen) atoms. The van der Waals surface area contributed by atoms with E-state index in [0.717, 1.165) is 12.1 Å². The van der Waals surface area contributed by atoms with Crippen LogP contribution in [0, 0.1) is 48.3 Å². The number of carbonyl (C=O) groups is 4. The van der Waals surface area contributed by atoms with Crippen molar-refractivity contribution in [1.82, 2.24) is 0 Å². The molecule has 14 heteroatoms. The number of ketones is 2. The maximum absolute atomic E-state index is 13.3. The van der Waals surface area contributed by atoms with E-state index < -0.39 is 93.9 Å². The Morgan fingerprint density at radius 1 is 0.708 bits per heavy atom. The molecule has 14 nitrogen and oxygen atoms in total. The molecule has 4 atom stereocenters. The maximum Gasteiger partial charge on any atom is 0.350 e. The predicted octanol–water partition coefficient (Wildman–Crippen LogP) is 3.74. The first-order chi connectivity index (χ1) is 22.8. The summed E-state index contributed by atoms with van der Waals surface area (Å²) in [6.07, 6.45) is -1.24. The molecule has 250 valence electrons. The molecule has 0 saturated heterocycles. The fraction of sp³-hybridized carbons (Fsp3) is 0.353. The van der Waals surface area contributed by atoms with E-state index in [2.05, 4.69) is 0 Å². The van der Waals surface area contributed by atoms with Crippen LogP contribution in [0.5, 0.6) is 11.5 Å². The summed E-state index contributed by atoms with van der Waals surface area (Å²) in [7, 11) is 0. The van der Waals surface area contributed by atoms with Gasteiger partial charge in [-0.25, -0.2) is 9.59 Å². The summed E-state index contributed by atoms with van der Waals surface area (Å²) in [5.74, 6) is -10.5. The van der Waals surface area contributed by atoms with Gasteiger partial charge in [0.1, 0.15) is 34.1 Å². The summed E-state index contributed by atoms with van der Waals surface area (Å²) in [6.45, 7) is 5.68. The minimum absolute atomic E-state index is 0.0487. The lowest BCUT2D eigenvalue weighted by Gasteiger charge is -2.23. The highest BCUT2D eigenvalue weighted by molar-refractivity contribution is 5.99. The van der Waals surface area contributed by atoms with Crippen LogP contribution in [0.25, 0.3) is 0 Å². The van der Waals surface area contributed by atoms with Crippen molar-refractivity contribution in [1.29, 1.82) is 10.5 Å². The average molecular weight is 661 g/mol. The first-order valence-electron chi connectivity index (χ1n) is 14.7. The van der Waals surface area contributed by atoms with Crippen molar-refractivity contribution in [3.8, 4) is 23.6 Å². The second-order valence-corrected chi connectivity index (χ2v) is 10.7. The Hall–Kier alpha value is -6.02. The third-order valence-corrected chi connectivity index (χ3v) is 7.43. The molecule has 2 N–H and O–H groups in total. The first kappa shape index (κ1) is 36.4. The molecule has 0 spiro atoms. The molecule has 0 saturated carbocycles. The van der Waals surface area contributed by atoms with Gasteiger partial charge in [-0.3, -0.25) is 19.2 Å². The fourth-order valence-electron chi connectivity index (χ4n) is 5.23. The number of esters is 2. The van der Waals surface area contributed by atoms with Gasteiger partial charge in [0.05, 0.1) is 25.4 Å². The van der Waals surface area contributed by atoms with Gasteiger partial charge in [-0.1, -0.05) is 24.3 Å². The first-order valence-corrected chi connectivity index (χ1v) is 14.7. The number of aryl methyl sites for hydroxylation is 2. The number of ether oxygens (including phenoxy) is 2. The molecule has 2 heterocycles. The number of nitrogens with zero attached hydrogens (tertiary/aromatic N) is 2. The lowest BCUT2D eigenvalue weighted by atomic mass is 9.79.